The highest BCUT2D eigenvalue weighted by molar-refractivity contribution is 5.71. The molecule has 1 aromatic rings. The molecule has 0 spiro atoms. The van der Waals surface area contributed by atoms with Gasteiger partial charge in [-0.1, -0.05) is 6.07 Å². The molecule has 0 aromatic heterocycles. The highest BCUT2D eigenvalue weighted by Crippen LogP contribution is 2.40. The Morgan fingerprint density at radius 2 is 1.91 bits per heavy atom. The fourth-order valence-corrected chi connectivity index (χ4v) is 2.72. The number of carboxylic acid groups (broad SMARTS) is 1. The molecule has 0 amide bonds. The van der Waals surface area contributed by atoms with Crippen molar-refractivity contribution in [2.45, 2.75) is 19.1 Å². The van der Waals surface area contributed by atoms with Crippen LogP contribution < -0.4 is 0 Å². The number of alkyl halides is 3. The number of likely N-dealkylation sites (tertiary alicyclic amines) is 1. The van der Waals surface area contributed by atoms with Crippen molar-refractivity contribution in [1.82, 2.24) is 4.90 Å². The monoisotopic (exact) mass is 323 g/mol. The van der Waals surface area contributed by atoms with Crippen LogP contribution in [0, 0.1) is 23.5 Å². The van der Waals surface area contributed by atoms with E-state index in [1.165, 1.54) is 17.9 Å². The zero-order valence-electron chi connectivity index (χ0n) is 11.6. The Balaban J connectivity index is 2.22. The lowest BCUT2D eigenvalue weighted by atomic mass is 9.96. The lowest BCUT2D eigenvalue weighted by molar-refractivity contribution is -0.188. The standard InChI is InChI=1S/C14H14F5NO2/c1-7(8-2-3-11(15)12(16)4-8)20-5-9(13(21)22)10(6-20)14(17,18)19/h2-4,7,9-10H,5-6H2,1H3,(H,21,22)/t7?,9-,10-/m1/s1. The summed E-state index contributed by atoms with van der Waals surface area (Å²) < 4.78 is 64.9. The Labute approximate surface area is 123 Å². The molecule has 3 atom stereocenters. The average Bonchev–Trinajstić information content (AvgIpc) is 2.86. The zero-order valence-corrected chi connectivity index (χ0v) is 11.6. The Hall–Kier alpha value is -1.70. The maximum Gasteiger partial charge on any atom is 0.393 e. The number of hydrogen-bond donors (Lipinski definition) is 1. The van der Waals surface area contributed by atoms with Crippen LogP contribution in [-0.4, -0.2) is 35.2 Å². The Morgan fingerprint density at radius 3 is 2.36 bits per heavy atom. The van der Waals surface area contributed by atoms with Crippen molar-refractivity contribution in [3.05, 3.63) is 35.4 Å². The van der Waals surface area contributed by atoms with Crippen LogP contribution in [0.1, 0.15) is 18.5 Å². The number of halogens is 5. The number of carboxylic acids is 1. The second kappa shape index (κ2) is 5.83. The van der Waals surface area contributed by atoms with E-state index in [0.717, 1.165) is 12.1 Å². The van der Waals surface area contributed by atoms with Crippen molar-refractivity contribution in [3.63, 3.8) is 0 Å². The number of carbonyl (C=O) groups is 1. The maximum absolute atomic E-state index is 13.2. The van der Waals surface area contributed by atoms with Gasteiger partial charge in [-0.25, -0.2) is 8.78 Å². The highest BCUT2D eigenvalue weighted by Gasteiger charge is 2.53. The van der Waals surface area contributed by atoms with Crippen molar-refractivity contribution in [1.29, 1.82) is 0 Å². The number of rotatable bonds is 3. The molecule has 1 heterocycles. The Bertz CT molecular complexity index is 575. The van der Waals surface area contributed by atoms with Crippen LogP contribution in [0.5, 0.6) is 0 Å². The summed E-state index contributed by atoms with van der Waals surface area (Å²) in [6, 6.07) is 2.44. The third-order valence-corrected chi connectivity index (χ3v) is 4.06. The molecular formula is C14H14F5NO2. The van der Waals surface area contributed by atoms with Gasteiger partial charge in [-0.15, -0.1) is 0 Å². The summed E-state index contributed by atoms with van der Waals surface area (Å²) in [5.74, 6) is -7.19. The molecule has 0 radical (unpaired) electrons. The van der Waals surface area contributed by atoms with Crippen molar-refractivity contribution in [2.24, 2.45) is 11.8 Å². The SMILES string of the molecule is CC(c1ccc(F)c(F)c1)N1C[C@@H](C(F)(F)F)[C@H](C(=O)O)C1. The van der Waals surface area contributed by atoms with E-state index in [-0.39, 0.29) is 6.54 Å². The first-order chi connectivity index (χ1) is 10.1. The van der Waals surface area contributed by atoms with Crippen LogP contribution in [0.15, 0.2) is 18.2 Å². The molecule has 8 heteroatoms. The Kier molecular flexibility index (Phi) is 4.42. The first-order valence-corrected chi connectivity index (χ1v) is 6.59. The molecule has 122 valence electrons. The number of aliphatic carboxylic acids is 1. The second-order valence-electron chi connectivity index (χ2n) is 5.40. The summed E-state index contributed by atoms with van der Waals surface area (Å²) in [7, 11) is 0. The van der Waals surface area contributed by atoms with Crippen LogP contribution in [0.4, 0.5) is 22.0 Å². The van der Waals surface area contributed by atoms with Crippen molar-refractivity contribution in [2.75, 3.05) is 13.1 Å². The molecule has 1 fully saturated rings. The van der Waals surface area contributed by atoms with E-state index in [1.807, 2.05) is 0 Å². The predicted octanol–water partition coefficient (Wildman–Crippen LogP) is 3.22. The molecule has 1 aliphatic rings. The van der Waals surface area contributed by atoms with E-state index in [4.69, 9.17) is 5.11 Å². The quantitative estimate of drug-likeness (QED) is 0.868. The molecule has 0 saturated carbocycles. The van der Waals surface area contributed by atoms with E-state index < -0.39 is 48.2 Å². The molecule has 0 bridgehead atoms. The van der Waals surface area contributed by atoms with Gasteiger partial charge in [0.1, 0.15) is 0 Å². The summed E-state index contributed by atoms with van der Waals surface area (Å²) in [5.41, 5.74) is 0.297. The molecule has 1 unspecified atom stereocenters. The fraction of sp³-hybridized carbons (Fsp3) is 0.500. The maximum atomic E-state index is 13.2. The van der Waals surface area contributed by atoms with Gasteiger partial charge in [0.2, 0.25) is 0 Å². The van der Waals surface area contributed by atoms with Crippen LogP contribution in [0.2, 0.25) is 0 Å². The van der Waals surface area contributed by atoms with Gasteiger partial charge in [-0.05, 0) is 24.6 Å². The van der Waals surface area contributed by atoms with Gasteiger partial charge >= 0.3 is 12.1 Å². The van der Waals surface area contributed by atoms with E-state index in [9.17, 15) is 26.7 Å². The van der Waals surface area contributed by atoms with Crippen LogP contribution >= 0.6 is 0 Å². The minimum absolute atomic E-state index is 0.292. The van der Waals surface area contributed by atoms with Gasteiger partial charge in [0.05, 0.1) is 11.8 Å². The molecule has 22 heavy (non-hydrogen) atoms. The Morgan fingerprint density at radius 1 is 1.27 bits per heavy atom. The molecule has 1 aromatic carbocycles. The zero-order chi connectivity index (χ0) is 16.7. The lowest BCUT2D eigenvalue weighted by Crippen LogP contribution is -2.33. The van der Waals surface area contributed by atoms with Crippen molar-refractivity contribution >= 4 is 5.97 Å². The van der Waals surface area contributed by atoms with E-state index in [0.29, 0.717) is 5.56 Å². The van der Waals surface area contributed by atoms with Crippen LogP contribution in [-0.2, 0) is 4.79 Å². The summed E-state index contributed by atoms with van der Waals surface area (Å²) in [6.07, 6.45) is -4.62. The third-order valence-electron chi connectivity index (χ3n) is 4.06. The van der Waals surface area contributed by atoms with Crippen molar-refractivity contribution in [3.8, 4) is 0 Å². The fourth-order valence-electron chi connectivity index (χ4n) is 2.72. The number of nitrogens with zero attached hydrogens (tertiary/aromatic N) is 1. The number of hydrogen-bond acceptors (Lipinski definition) is 2. The summed E-state index contributed by atoms with van der Waals surface area (Å²) in [5, 5.41) is 8.96. The van der Waals surface area contributed by atoms with E-state index in [1.54, 1.807) is 0 Å². The van der Waals surface area contributed by atoms with Gasteiger partial charge in [0.25, 0.3) is 0 Å². The summed E-state index contributed by atoms with van der Waals surface area (Å²) >= 11 is 0. The van der Waals surface area contributed by atoms with Gasteiger partial charge in [0, 0.05) is 19.1 Å². The number of benzene rings is 1. The first-order valence-electron chi connectivity index (χ1n) is 6.59. The van der Waals surface area contributed by atoms with E-state index in [2.05, 4.69) is 0 Å². The average molecular weight is 323 g/mol. The van der Waals surface area contributed by atoms with Crippen LogP contribution in [0.3, 0.4) is 0 Å². The second-order valence-corrected chi connectivity index (χ2v) is 5.40. The third kappa shape index (κ3) is 3.21. The highest BCUT2D eigenvalue weighted by atomic mass is 19.4. The molecule has 2 rings (SSSR count). The van der Waals surface area contributed by atoms with Gasteiger partial charge in [0.15, 0.2) is 11.6 Å². The van der Waals surface area contributed by atoms with E-state index >= 15 is 0 Å². The molecule has 3 nitrogen and oxygen atoms in total. The minimum atomic E-state index is -4.62. The topological polar surface area (TPSA) is 40.5 Å². The summed E-state index contributed by atoms with van der Waals surface area (Å²) in [4.78, 5) is 12.3. The van der Waals surface area contributed by atoms with Gasteiger partial charge < -0.3 is 5.11 Å². The molecule has 1 aliphatic heterocycles. The largest absolute Gasteiger partial charge is 0.481 e. The van der Waals surface area contributed by atoms with Gasteiger partial charge in [-0.3, -0.25) is 9.69 Å². The normalized spacial score (nSPS) is 24.5. The lowest BCUT2D eigenvalue weighted by Gasteiger charge is -2.25. The summed E-state index contributed by atoms with van der Waals surface area (Å²) in [6.45, 7) is 0.755. The first kappa shape index (κ1) is 16.7. The molecule has 1 N–H and O–H groups in total. The van der Waals surface area contributed by atoms with Gasteiger partial charge in [-0.2, -0.15) is 13.2 Å². The molecule has 0 aliphatic carbocycles. The van der Waals surface area contributed by atoms with Crippen LogP contribution in [0.25, 0.3) is 0 Å². The molecular weight excluding hydrogens is 309 g/mol. The minimum Gasteiger partial charge on any atom is -0.481 e. The molecule has 1 saturated heterocycles. The predicted molar refractivity (Wildman–Crippen MR) is 67.0 cm³/mol. The van der Waals surface area contributed by atoms with Crippen molar-refractivity contribution < 1.29 is 31.9 Å². The smallest absolute Gasteiger partial charge is 0.393 e.